The van der Waals surface area contributed by atoms with Gasteiger partial charge in [-0.25, -0.2) is 0 Å². The number of rotatable bonds is 7. The molecule has 1 aromatic rings. The summed E-state index contributed by atoms with van der Waals surface area (Å²) >= 11 is 0. The molecule has 1 N–H and O–H groups in total. The van der Waals surface area contributed by atoms with Gasteiger partial charge in [0.2, 0.25) is 0 Å². The molecule has 1 heterocycles. The first-order valence-corrected chi connectivity index (χ1v) is 7.20. The van der Waals surface area contributed by atoms with Gasteiger partial charge in [-0.15, -0.1) is 13.2 Å². The highest BCUT2D eigenvalue weighted by atomic mass is 16.6. The van der Waals surface area contributed by atoms with Gasteiger partial charge in [-0.05, 0) is 24.6 Å². The van der Waals surface area contributed by atoms with Gasteiger partial charge in [0.05, 0.1) is 6.10 Å². The molecule has 1 aliphatic heterocycles. The summed E-state index contributed by atoms with van der Waals surface area (Å²) in [7, 11) is 0. The molecule has 0 saturated heterocycles. The second-order valence-electron chi connectivity index (χ2n) is 5.12. The predicted octanol–water partition coefficient (Wildman–Crippen LogP) is 2.55. The smallest absolute Gasteiger partial charge is 0.161 e. The molecule has 1 aromatic carbocycles. The molecule has 4 heteroatoms. The lowest BCUT2D eigenvalue weighted by Crippen LogP contribution is -2.37. The molecule has 0 amide bonds. The first-order chi connectivity index (χ1) is 10.2. The van der Waals surface area contributed by atoms with Crippen LogP contribution in [0.15, 0.2) is 43.5 Å². The van der Waals surface area contributed by atoms with Gasteiger partial charge in [0.1, 0.15) is 13.2 Å². The highest BCUT2D eigenvalue weighted by Gasteiger charge is 2.23. The van der Waals surface area contributed by atoms with E-state index in [0.29, 0.717) is 32.1 Å². The lowest BCUT2D eigenvalue weighted by molar-refractivity contribution is 0.0703. The largest absolute Gasteiger partial charge is 0.486 e. The van der Waals surface area contributed by atoms with Crippen LogP contribution in [0.4, 0.5) is 0 Å². The molecular formula is C17H23NO3. The minimum atomic E-state index is -0.610. The number of ether oxygens (including phenoxy) is 2. The second-order valence-corrected chi connectivity index (χ2v) is 5.12. The normalized spacial score (nSPS) is 16.3. The minimum Gasteiger partial charge on any atom is -0.486 e. The number of benzene rings is 1. The van der Waals surface area contributed by atoms with Crippen molar-refractivity contribution in [3.63, 3.8) is 0 Å². The topological polar surface area (TPSA) is 41.9 Å². The molecule has 114 valence electrons. The number of nitrogens with zero attached hydrogens (tertiary/aromatic N) is 1. The van der Waals surface area contributed by atoms with Gasteiger partial charge in [-0.3, -0.25) is 4.90 Å². The number of hydrogen-bond acceptors (Lipinski definition) is 4. The van der Waals surface area contributed by atoms with Crippen molar-refractivity contribution in [2.24, 2.45) is 0 Å². The molecule has 0 spiro atoms. The van der Waals surface area contributed by atoms with Crippen molar-refractivity contribution in [1.29, 1.82) is 0 Å². The molecule has 4 nitrogen and oxygen atoms in total. The predicted molar refractivity (Wildman–Crippen MR) is 83.8 cm³/mol. The van der Waals surface area contributed by atoms with Crippen molar-refractivity contribution in [2.45, 2.75) is 19.1 Å². The Bertz CT molecular complexity index is 491. The quantitative estimate of drug-likeness (QED) is 0.783. The van der Waals surface area contributed by atoms with Gasteiger partial charge in [0.15, 0.2) is 11.5 Å². The van der Waals surface area contributed by atoms with E-state index in [1.165, 1.54) is 0 Å². The van der Waals surface area contributed by atoms with Crippen LogP contribution in [-0.4, -0.2) is 42.4 Å². The van der Waals surface area contributed by atoms with Gasteiger partial charge >= 0.3 is 0 Å². The molecule has 0 radical (unpaired) electrons. The zero-order valence-corrected chi connectivity index (χ0v) is 12.5. The van der Waals surface area contributed by atoms with E-state index in [0.717, 1.165) is 11.3 Å². The molecule has 1 aliphatic rings. The minimum absolute atomic E-state index is 0.0523. The molecule has 0 fully saturated rings. The Labute approximate surface area is 126 Å². The third-order valence-electron chi connectivity index (χ3n) is 3.67. The van der Waals surface area contributed by atoms with Crippen molar-refractivity contribution in [3.05, 3.63) is 49.1 Å². The fourth-order valence-corrected chi connectivity index (χ4v) is 2.46. The van der Waals surface area contributed by atoms with Gasteiger partial charge in [-0.1, -0.05) is 18.2 Å². The van der Waals surface area contributed by atoms with Crippen LogP contribution in [0, 0.1) is 0 Å². The standard InChI is InChI=1S/C17H23NO3/c1-4-8-18(9-5-2)13(3)17(19)14-6-7-15-16(12-14)21-11-10-20-15/h4-7,12-13,17,19H,1-2,8-11H2,3H3/t13-,17-/m0/s1. The number of aliphatic hydroxyl groups is 1. The molecule has 0 unspecified atom stereocenters. The summed E-state index contributed by atoms with van der Waals surface area (Å²) in [5.74, 6) is 1.43. The Balaban J connectivity index is 2.15. The van der Waals surface area contributed by atoms with Crippen molar-refractivity contribution < 1.29 is 14.6 Å². The Morgan fingerprint density at radius 2 is 1.81 bits per heavy atom. The van der Waals surface area contributed by atoms with E-state index in [4.69, 9.17) is 9.47 Å². The van der Waals surface area contributed by atoms with Crippen molar-refractivity contribution in [3.8, 4) is 11.5 Å². The van der Waals surface area contributed by atoms with E-state index in [1.54, 1.807) is 0 Å². The van der Waals surface area contributed by atoms with Crippen LogP contribution < -0.4 is 9.47 Å². The average molecular weight is 289 g/mol. The average Bonchev–Trinajstić information content (AvgIpc) is 2.53. The summed E-state index contributed by atoms with van der Waals surface area (Å²) in [6, 6.07) is 5.54. The maximum absolute atomic E-state index is 10.6. The first kappa shape index (κ1) is 15.6. The Hall–Kier alpha value is -1.78. The summed E-state index contributed by atoms with van der Waals surface area (Å²) in [4.78, 5) is 2.11. The molecule has 21 heavy (non-hydrogen) atoms. The summed E-state index contributed by atoms with van der Waals surface area (Å²) in [6.07, 6.45) is 3.05. The fourth-order valence-electron chi connectivity index (χ4n) is 2.46. The number of fused-ring (bicyclic) bond motifs is 1. The summed E-state index contributed by atoms with van der Waals surface area (Å²) in [5, 5.41) is 10.6. The summed E-state index contributed by atoms with van der Waals surface area (Å²) < 4.78 is 11.1. The molecule has 0 aromatic heterocycles. The zero-order chi connectivity index (χ0) is 15.2. The lowest BCUT2D eigenvalue weighted by atomic mass is 10.0. The van der Waals surface area contributed by atoms with Crippen LogP contribution in [0.5, 0.6) is 11.5 Å². The summed E-state index contributed by atoms with van der Waals surface area (Å²) in [5.41, 5.74) is 0.824. The molecular weight excluding hydrogens is 266 g/mol. The highest BCUT2D eigenvalue weighted by molar-refractivity contribution is 5.44. The maximum atomic E-state index is 10.6. The Morgan fingerprint density at radius 3 is 2.43 bits per heavy atom. The molecule has 0 saturated carbocycles. The Kier molecular flexibility index (Phi) is 5.42. The number of aliphatic hydroxyl groups excluding tert-OH is 1. The van der Waals surface area contributed by atoms with Crippen LogP contribution in [0.3, 0.4) is 0 Å². The molecule has 2 rings (SSSR count). The monoisotopic (exact) mass is 289 g/mol. The molecule has 0 bridgehead atoms. The van der Waals surface area contributed by atoms with E-state index in [-0.39, 0.29) is 6.04 Å². The van der Waals surface area contributed by atoms with Gasteiger partial charge < -0.3 is 14.6 Å². The third kappa shape index (κ3) is 3.65. The van der Waals surface area contributed by atoms with Crippen LogP contribution in [-0.2, 0) is 0 Å². The van der Waals surface area contributed by atoms with Gasteiger partial charge in [0.25, 0.3) is 0 Å². The highest BCUT2D eigenvalue weighted by Crippen LogP contribution is 2.33. The second kappa shape index (κ2) is 7.29. The van der Waals surface area contributed by atoms with Crippen LogP contribution in [0.25, 0.3) is 0 Å². The van der Waals surface area contributed by atoms with E-state index in [1.807, 2.05) is 37.3 Å². The fraction of sp³-hybridized carbons (Fsp3) is 0.412. The van der Waals surface area contributed by atoms with E-state index >= 15 is 0 Å². The maximum Gasteiger partial charge on any atom is 0.161 e. The third-order valence-corrected chi connectivity index (χ3v) is 3.67. The van der Waals surface area contributed by atoms with Crippen molar-refractivity contribution >= 4 is 0 Å². The van der Waals surface area contributed by atoms with E-state index < -0.39 is 6.10 Å². The first-order valence-electron chi connectivity index (χ1n) is 7.20. The SMILES string of the molecule is C=CCN(CC=C)[C@@H](C)[C@H](O)c1ccc2c(c1)OCCO2. The van der Waals surface area contributed by atoms with E-state index in [9.17, 15) is 5.11 Å². The van der Waals surface area contributed by atoms with Crippen LogP contribution >= 0.6 is 0 Å². The van der Waals surface area contributed by atoms with Gasteiger partial charge in [-0.2, -0.15) is 0 Å². The van der Waals surface area contributed by atoms with Crippen molar-refractivity contribution in [1.82, 2.24) is 4.90 Å². The van der Waals surface area contributed by atoms with E-state index in [2.05, 4.69) is 18.1 Å². The molecule has 2 atom stereocenters. The Morgan fingerprint density at radius 1 is 1.19 bits per heavy atom. The lowest BCUT2D eigenvalue weighted by Gasteiger charge is -2.31. The van der Waals surface area contributed by atoms with Crippen LogP contribution in [0.1, 0.15) is 18.6 Å². The molecule has 0 aliphatic carbocycles. The zero-order valence-electron chi connectivity index (χ0n) is 12.5. The number of hydrogen-bond donors (Lipinski definition) is 1. The van der Waals surface area contributed by atoms with Crippen LogP contribution in [0.2, 0.25) is 0 Å². The van der Waals surface area contributed by atoms with Crippen molar-refractivity contribution in [2.75, 3.05) is 26.3 Å². The van der Waals surface area contributed by atoms with Gasteiger partial charge in [0, 0.05) is 19.1 Å². The summed E-state index contributed by atoms with van der Waals surface area (Å²) in [6.45, 7) is 12.0.